The van der Waals surface area contributed by atoms with Crippen LogP contribution in [0.3, 0.4) is 0 Å². The third-order valence-corrected chi connectivity index (χ3v) is 4.76. The Morgan fingerprint density at radius 3 is 2.96 bits per heavy atom. The van der Waals surface area contributed by atoms with Crippen LogP contribution >= 0.6 is 0 Å². The molecule has 0 aromatic carbocycles. The van der Waals surface area contributed by atoms with E-state index in [2.05, 4.69) is 47.3 Å². The summed E-state index contributed by atoms with van der Waals surface area (Å²) in [6, 6.07) is 0. The zero-order valence-corrected chi connectivity index (χ0v) is 15.3. The van der Waals surface area contributed by atoms with Crippen LogP contribution in [0.1, 0.15) is 51.5 Å². The minimum absolute atomic E-state index is 0.442. The predicted octanol–water partition coefficient (Wildman–Crippen LogP) is 3.06. The van der Waals surface area contributed by atoms with Gasteiger partial charge in [-0.05, 0) is 43.6 Å². The third kappa shape index (κ3) is 5.26. The third-order valence-electron chi connectivity index (χ3n) is 4.76. The van der Waals surface area contributed by atoms with E-state index in [9.17, 15) is 0 Å². The van der Waals surface area contributed by atoms with Gasteiger partial charge in [-0.3, -0.25) is 9.67 Å². The molecule has 5 nitrogen and oxygen atoms in total. The second-order valence-corrected chi connectivity index (χ2v) is 7.19. The molecule has 1 saturated heterocycles. The first-order chi connectivity index (χ1) is 11.1. The van der Waals surface area contributed by atoms with Crippen molar-refractivity contribution in [1.29, 1.82) is 0 Å². The number of likely N-dealkylation sites (tertiary alicyclic amines) is 1. The molecule has 1 aliphatic heterocycles. The number of aromatic nitrogens is 2. The van der Waals surface area contributed by atoms with Crippen LogP contribution in [0.4, 0.5) is 0 Å². The second kappa shape index (κ2) is 8.37. The van der Waals surface area contributed by atoms with Crippen molar-refractivity contribution in [3.8, 4) is 0 Å². The Morgan fingerprint density at radius 2 is 2.30 bits per heavy atom. The summed E-state index contributed by atoms with van der Waals surface area (Å²) in [7, 11) is 1.89. The summed E-state index contributed by atoms with van der Waals surface area (Å²) in [6.45, 7) is 10.9. The lowest BCUT2D eigenvalue weighted by molar-refractivity contribution is 0.142. The lowest BCUT2D eigenvalue weighted by atomic mass is 9.78. The number of hydrogen-bond acceptors (Lipinski definition) is 2. The van der Waals surface area contributed by atoms with Crippen molar-refractivity contribution in [2.45, 2.75) is 59.4 Å². The molecule has 2 rings (SSSR count). The molecule has 0 saturated carbocycles. The number of aryl methyl sites for hydroxylation is 2. The minimum Gasteiger partial charge on any atom is -0.356 e. The Hall–Kier alpha value is -1.52. The number of hydrogen-bond donors (Lipinski definition) is 1. The molecule has 0 radical (unpaired) electrons. The van der Waals surface area contributed by atoms with Crippen molar-refractivity contribution < 1.29 is 0 Å². The Bertz CT molecular complexity index is 503. The summed E-state index contributed by atoms with van der Waals surface area (Å²) in [5, 5.41) is 7.86. The first kappa shape index (κ1) is 17.8. The van der Waals surface area contributed by atoms with Gasteiger partial charge in [-0.25, -0.2) is 0 Å². The van der Waals surface area contributed by atoms with Gasteiger partial charge in [0.15, 0.2) is 5.96 Å². The van der Waals surface area contributed by atoms with Crippen molar-refractivity contribution >= 4 is 5.96 Å². The van der Waals surface area contributed by atoms with E-state index in [-0.39, 0.29) is 0 Å². The first-order valence-corrected chi connectivity index (χ1v) is 9.01. The van der Waals surface area contributed by atoms with Gasteiger partial charge in [0.05, 0.1) is 6.20 Å². The Labute approximate surface area is 141 Å². The number of nitrogens with one attached hydrogen (secondary N) is 1. The molecule has 0 aliphatic carbocycles. The van der Waals surface area contributed by atoms with Gasteiger partial charge >= 0.3 is 0 Å². The molecular weight excluding hydrogens is 286 g/mol. The van der Waals surface area contributed by atoms with Crippen LogP contribution in [0.15, 0.2) is 17.4 Å². The largest absolute Gasteiger partial charge is 0.356 e. The average molecular weight is 319 g/mol. The lowest BCUT2D eigenvalue weighted by Gasteiger charge is -2.42. The van der Waals surface area contributed by atoms with Crippen LogP contribution in [0.5, 0.6) is 0 Å². The van der Waals surface area contributed by atoms with Gasteiger partial charge in [0, 0.05) is 39.4 Å². The van der Waals surface area contributed by atoms with Crippen LogP contribution < -0.4 is 5.32 Å². The van der Waals surface area contributed by atoms with Gasteiger partial charge in [0.2, 0.25) is 0 Å². The fourth-order valence-electron chi connectivity index (χ4n) is 3.67. The molecule has 1 atom stereocenters. The van der Waals surface area contributed by atoms with E-state index in [1.54, 1.807) is 0 Å². The van der Waals surface area contributed by atoms with E-state index >= 15 is 0 Å². The molecule has 0 spiro atoms. The van der Waals surface area contributed by atoms with E-state index in [4.69, 9.17) is 0 Å². The highest BCUT2D eigenvalue weighted by Gasteiger charge is 2.31. The van der Waals surface area contributed by atoms with E-state index < -0.39 is 0 Å². The SMILES string of the molecule is CCCC1(C)CCCN(C(=NC)NCCCn2cc(C)cn2)C1. The van der Waals surface area contributed by atoms with Crippen LogP contribution in [-0.4, -0.2) is 47.3 Å². The number of piperidine rings is 1. The smallest absolute Gasteiger partial charge is 0.193 e. The average Bonchev–Trinajstić information content (AvgIpc) is 2.93. The monoisotopic (exact) mass is 319 g/mol. The van der Waals surface area contributed by atoms with Crippen molar-refractivity contribution in [3.05, 3.63) is 18.0 Å². The molecule has 1 unspecified atom stereocenters. The molecule has 1 aromatic heterocycles. The Balaban J connectivity index is 1.78. The van der Waals surface area contributed by atoms with Gasteiger partial charge in [-0.2, -0.15) is 5.10 Å². The number of rotatable bonds is 6. The molecule has 1 N–H and O–H groups in total. The molecule has 23 heavy (non-hydrogen) atoms. The maximum absolute atomic E-state index is 4.50. The topological polar surface area (TPSA) is 45.5 Å². The van der Waals surface area contributed by atoms with Crippen LogP contribution in [-0.2, 0) is 6.54 Å². The van der Waals surface area contributed by atoms with Gasteiger partial charge in [0.1, 0.15) is 0 Å². The summed E-state index contributed by atoms with van der Waals surface area (Å²) >= 11 is 0. The molecule has 0 bridgehead atoms. The number of nitrogens with zero attached hydrogens (tertiary/aromatic N) is 4. The molecule has 1 aliphatic rings. The molecule has 5 heteroatoms. The van der Waals surface area contributed by atoms with E-state index in [1.165, 1.54) is 31.2 Å². The van der Waals surface area contributed by atoms with Crippen LogP contribution in [0, 0.1) is 12.3 Å². The standard InChI is InChI=1S/C18H33N5/c1-5-8-18(3)9-6-11-22(15-18)17(19-4)20-10-7-12-23-14-16(2)13-21-23/h13-14H,5-12,15H2,1-4H3,(H,19,20). The zero-order chi connectivity index (χ0) is 16.7. The quantitative estimate of drug-likeness (QED) is 0.498. The fraction of sp³-hybridized carbons (Fsp3) is 0.778. The molecular formula is C18H33N5. The summed E-state index contributed by atoms with van der Waals surface area (Å²) in [5.74, 6) is 1.06. The number of guanidine groups is 1. The second-order valence-electron chi connectivity index (χ2n) is 7.19. The van der Waals surface area contributed by atoms with Crippen molar-refractivity contribution in [3.63, 3.8) is 0 Å². The highest BCUT2D eigenvalue weighted by Crippen LogP contribution is 2.33. The van der Waals surface area contributed by atoms with Crippen LogP contribution in [0.25, 0.3) is 0 Å². The number of aliphatic imine (C=N–C) groups is 1. The molecule has 1 aromatic rings. The summed E-state index contributed by atoms with van der Waals surface area (Å²) in [4.78, 5) is 6.94. The van der Waals surface area contributed by atoms with Gasteiger partial charge in [-0.15, -0.1) is 0 Å². The maximum atomic E-state index is 4.50. The normalized spacial score (nSPS) is 22.4. The minimum atomic E-state index is 0.442. The first-order valence-electron chi connectivity index (χ1n) is 9.01. The molecule has 0 amide bonds. The molecule has 2 heterocycles. The van der Waals surface area contributed by atoms with E-state index in [0.717, 1.165) is 38.6 Å². The zero-order valence-electron chi connectivity index (χ0n) is 15.3. The highest BCUT2D eigenvalue weighted by atomic mass is 15.3. The molecule has 130 valence electrons. The predicted molar refractivity (Wildman–Crippen MR) is 96.8 cm³/mol. The van der Waals surface area contributed by atoms with Crippen molar-refractivity contribution in [1.82, 2.24) is 20.0 Å². The van der Waals surface area contributed by atoms with Gasteiger partial charge < -0.3 is 10.2 Å². The Morgan fingerprint density at radius 1 is 1.48 bits per heavy atom. The summed E-state index contributed by atoms with van der Waals surface area (Å²) in [6.07, 6.45) is 10.2. The van der Waals surface area contributed by atoms with Crippen LogP contribution in [0.2, 0.25) is 0 Å². The van der Waals surface area contributed by atoms with E-state index in [0.29, 0.717) is 5.41 Å². The molecule has 1 fully saturated rings. The summed E-state index contributed by atoms with van der Waals surface area (Å²) in [5.41, 5.74) is 1.66. The summed E-state index contributed by atoms with van der Waals surface area (Å²) < 4.78 is 2.01. The fourth-order valence-corrected chi connectivity index (χ4v) is 3.67. The Kier molecular flexibility index (Phi) is 6.48. The maximum Gasteiger partial charge on any atom is 0.193 e. The highest BCUT2D eigenvalue weighted by molar-refractivity contribution is 5.80. The van der Waals surface area contributed by atoms with Crippen molar-refractivity contribution in [2.75, 3.05) is 26.7 Å². The van der Waals surface area contributed by atoms with Gasteiger partial charge in [-0.1, -0.05) is 20.3 Å². The lowest BCUT2D eigenvalue weighted by Crippen LogP contribution is -2.50. The van der Waals surface area contributed by atoms with Gasteiger partial charge in [0.25, 0.3) is 0 Å². The van der Waals surface area contributed by atoms with Crippen molar-refractivity contribution in [2.24, 2.45) is 10.4 Å². The van der Waals surface area contributed by atoms with E-state index in [1.807, 2.05) is 17.9 Å².